The first-order valence-electron chi connectivity index (χ1n) is 10.1. The molecular weight excluding hydrogens is 460 g/mol. The molecule has 0 heterocycles. The Labute approximate surface area is 202 Å². The minimum Gasteiger partial charge on any atom is -0.497 e. The van der Waals surface area contributed by atoms with Crippen molar-refractivity contribution in [2.75, 3.05) is 13.7 Å². The van der Waals surface area contributed by atoms with Gasteiger partial charge in [-0.05, 0) is 30.5 Å². The molecule has 0 unspecified atom stereocenters. The molecule has 1 aliphatic rings. The number of rotatable bonds is 11. The van der Waals surface area contributed by atoms with Gasteiger partial charge in [-0.2, -0.15) is 0 Å². The molecule has 1 aliphatic carbocycles. The molecule has 1 saturated carbocycles. The second kappa shape index (κ2) is 12.3. The Kier molecular flexibility index (Phi) is 9.45. The van der Waals surface area contributed by atoms with Crippen LogP contribution in [0.25, 0.3) is 0 Å². The van der Waals surface area contributed by atoms with Gasteiger partial charge in [0.15, 0.2) is 0 Å². The molecule has 1 aromatic carbocycles. The lowest BCUT2D eigenvalue weighted by Crippen LogP contribution is -2.49. The van der Waals surface area contributed by atoms with Gasteiger partial charge in [-0.15, -0.1) is 5.10 Å². The van der Waals surface area contributed by atoms with Gasteiger partial charge in [0.2, 0.25) is 11.8 Å². The molecule has 1 aromatic rings. The van der Waals surface area contributed by atoms with Gasteiger partial charge in [0.1, 0.15) is 17.0 Å². The Hall–Kier alpha value is -4.05. The summed E-state index contributed by atoms with van der Waals surface area (Å²) in [6, 6.07) is 4.89. The van der Waals surface area contributed by atoms with Crippen LogP contribution in [-0.4, -0.2) is 43.1 Å². The first-order valence-corrected chi connectivity index (χ1v) is 10.5. The minimum absolute atomic E-state index is 0.0766. The maximum absolute atomic E-state index is 12.6. The lowest BCUT2D eigenvalue weighted by molar-refractivity contribution is -0.128. The zero-order valence-electron chi connectivity index (χ0n) is 18.7. The molecule has 0 spiro atoms. The monoisotopic (exact) mass is 486 g/mol. The number of nitrogens with zero attached hydrogens (tertiary/aromatic N) is 2. The second-order valence-corrected chi connectivity index (χ2v) is 7.57. The van der Waals surface area contributed by atoms with Gasteiger partial charge in [0.25, 0.3) is 5.91 Å². The van der Waals surface area contributed by atoms with Crippen LogP contribution in [0.2, 0.25) is 5.02 Å². The van der Waals surface area contributed by atoms with Crippen molar-refractivity contribution >= 4 is 35.5 Å². The van der Waals surface area contributed by atoms with Crippen molar-refractivity contribution in [3.05, 3.63) is 72.1 Å². The Morgan fingerprint density at radius 3 is 2.62 bits per heavy atom. The van der Waals surface area contributed by atoms with Crippen LogP contribution in [0.3, 0.4) is 0 Å². The van der Waals surface area contributed by atoms with E-state index in [-0.39, 0.29) is 23.9 Å². The molecule has 1 fully saturated rings. The lowest BCUT2D eigenvalue weighted by atomic mass is 10.2. The highest BCUT2D eigenvalue weighted by Crippen LogP contribution is 2.35. The molecule has 0 saturated heterocycles. The predicted molar refractivity (Wildman–Crippen MR) is 133 cm³/mol. The number of halogens is 1. The van der Waals surface area contributed by atoms with Crippen LogP contribution in [0, 0.1) is 0 Å². The number of amides is 2. The van der Waals surface area contributed by atoms with Crippen molar-refractivity contribution in [2.24, 2.45) is 21.7 Å². The summed E-state index contributed by atoms with van der Waals surface area (Å²) in [7, 11) is 1.53. The number of nitrogens with two attached hydrogens (primary N) is 2. The van der Waals surface area contributed by atoms with Crippen LogP contribution < -0.4 is 31.7 Å². The van der Waals surface area contributed by atoms with Gasteiger partial charge >= 0.3 is 0 Å². The summed E-state index contributed by atoms with van der Waals surface area (Å²) in [5, 5.41) is 9.34. The standard InChI is InChI=1S/C23H27ClN6O4/c1-4-27-14-16(12-25)21(31)29-23(9-10-23)22(32)28-13-15(2)5-8-20(30-26)34-19-7-6-17(33-3)11-18(19)24/h4-8,11-12,14H,1-2,9-10,13,25-26H2,3H3,(H,28,32)(H,29,31)/b8-5-,16-12+,27-14?,30-20+. The highest BCUT2D eigenvalue weighted by molar-refractivity contribution is 6.32. The molecule has 0 bridgehead atoms. The molecule has 34 heavy (non-hydrogen) atoms. The average molecular weight is 487 g/mol. The molecule has 0 aromatic heterocycles. The fourth-order valence-electron chi connectivity index (χ4n) is 2.65. The molecular formula is C23H27ClN6O4. The van der Waals surface area contributed by atoms with Gasteiger partial charge in [-0.3, -0.25) is 14.6 Å². The van der Waals surface area contributed by atoms with Crippen molar-refractivity contribution in [1.29, 1.82) is 0 Å². The van der Waals surface area contributed by atoms with Crippen molar-refractivity contribution < 1.29 is 19.1 Å². The van der Waals surface area contributed by atoms with Crippen LogP contribution in [-0.2, 0) is 9.59 Å². The molecule has 6 N–H and O–H groups in total. The minimum atomic E-state index is -0.991. The Morgan fingerprint density at radius 1 is 1.32 bits per heavy atom. The Bertz CT molecular complexity index is 1070. The maximum atomic E-state index is 12.6. The molecule has 2 amide bonds. The zero-order chi connectivity index (χ0) is 25.1. The summed E-state index contributed by atoms with van der Waals surface area (Å²) in [4.78, 5) is 28.7. The van der Waals surface area contributed by atoms with Gasteiger partial charge in [0, 0.05) is 37.3 Å². The number of nitrogens with one attached hydrogen (secondary N) is 2. The fraction of sp³-hybridized carbons (Fsp3) is 0.217. The molecule has 0 radical (unpaired) electrons. The third kappa shape index (κ3) is 7.24. The second-order valence-electron chi connectivity index (χ2n) is 7.16. The van der Waals surface area contributed by atoms with Gasteiger partial charge in [0.05, 0.1) is 17.7 Å². The largest absolute Gasteiger partial charge is 0.497 e. The third-order valence-electron chi connectivity index (χ3n) is 4.72. The summed E-state index contributed by atoms with van der Waals surface area (Å²) in [5.74, 6) is 5.55. The van der Waals surface area contributed by atoms with E-state index >= 15 is 0 Å². The normalized spacial score (nSPS) is 15.1. The van der Waals surface area contributed by atoms with Crippen molar-refractivity contribution in [2.45, 2.75) is 18.4 Å². The maximum Gasteiger partial charge on any atom is 0.255 e. The number of hydrogen-bond acceptors (Lipinski definition) is 8. The summed E-state index contributed by atoms with van der Waals surface area (Å²) < 4.78 is 10.7. The van der Waals surface area contributed by atoms with Crippen LogP contribution in [0.15, 0.2) is 77.1 Å². The average Bonchev–Trinajstić information content (AvgIpc) is 3.61. The third-order valence-corrected chi connectivity index (χ3v) is 5.01. The molecule has 10 nitrogen and oxygen atoms in total. The van der Waals surface area contributed by atoms with Crippen molar-refractivity contribution in [1.82, 2.24) is 10.6 Å². The van der Waals surface area contributed by atoms with E-state index in [0.717, 1.165) is 6.20 Å². The Morgan fingerprint density at radius 2 is 2.06 bits per heavy atom. The summed E-state index contributed by atoms with van der Waals surface area (Å²) >= 11 is 6.15. The molecule has 180 valence electrons. The zero-order valence-corrected chi connectivity index (χ0v) is 19.5. The first kappa shape index (κ1) is 26.2. The SMILES string of the molecule is C=CN=C/C(=C\N)C(=O)NC1(C(=O)NCC(=C)/C=C\C(=N/N)Oc2ccc(OC)cc2Cl)CC1. The van der Waals surface area contributed by atoms with Crippen molar-refractivity contribution in [3.8, 4) is 11.5 Å². The molecule has 0 atom stereocenters. The number of carbonyl (C=O) groups is 2. The van der Waals surface area contributed by atoms with E-state index in [2.05, 4.69) is 33.9 Å². The van der Waals surface area contributed by atoms with Crippen LogP contribution in [0.1, 0.15) is 12.8 Å². The summed E-state index contributed by atoms with van der Waals surface area (Å²) in [5.41, 5.74) is 5.13. The highest BCUT2D eigenvalue weighted by Gasteiger charge is 2.51. The Balaban J connectivity index is 1.90. The molecule has 11 heteroatoms. The molecule has 0 aliphatic heterocycles. The number of ether oxygens (including phenoxy) is 2. The van der Waals surface area contributed by atoms with Crippen LogP contribution in [0.4, 0.5) is 0 Å². The van der Waals surface area contributed by atoms with Crippen LogP contribution >= 0.6 is 11.6 Å². The fourth-order valence-corrected chi connectivity index (χ4v) is 2.86. The smallest absolute Gasteiger partial charge is 0.255 e. The van der Waals surface area contributed by atoms with Gasteiger partial charge in [-0.1, -0.05) is 30.8 Å². The quantitative estimate of drug-likeness (QED) is 0.0935. The lowest BCUT2D eigenvalue weighted by Gasteiger charge is -2.17. The number of hydrazone groups is 1. The number of hydrogen-bond donors (Lipinski definition) is 4. The number of carbonyl (C=O) groups excluding carboxylic acids is 2. The van der Waals surface area contributed by atoms with E-state index in [1.165, 1.54) is 25.6 Å². The van der Waals surface area contributed by atoms with E-state index in [4.69, 9.17) is 32.7 Å². The highest BCUT2D eigenvalue weighted by atomic mass is 35.5. The van der Waals surface area contributed by atoms with Crippen LogP contribution in [0.5, 0.6) is 11.5 Å². The number of methoxy groups -OCH3 is 1. The van der Waals surface area contributed by atoms with E-state index in [1.54, 1.807) is 24.3 Å². The predicted octanol–water partition coefficient (Wildman–Crippen LogP) is 1.93. The number of benzene rings is 1. The summed E-state index contributed by atoms with van der Waals surface area (Å²) in [6.07, 6.45) is 7.73. The number of aliphatic imine (C=N–C) groups is 1. The van der Waals surface area contributed by atoms with E-state index in [1.807, 2.05) is 0 Å². The molecule has 2 rings (SSSR count). The first-order chi connectivity index (χ1) is 16.3. The van der Waals surface area contributed by atoms with Gasteiger partial charge in [-0.25, -0.2) is 0 Å². The van der Waals surface area contributed by atoms with Gasteiger partial charge < -0.3 is 31.7 Å². The topological polar surface area (TPSA) is 153 Å². The van der Waals surface area contributed by atoms with E-state index in [0.29, 0.717) is 34.9 Å². The van der Waals surface area contributed by atoms with E-state index < -0.39 is 11.4 Å². The van der Waals surface area contributed by atoms with E-state index in [9.17, 15) is 9.59 Å². The summed E-state index contributed by atoms with van der Waals surface area (Å²) in [6.45, 7) is 7.45. The van der Waals surface area contributed by atoms with Crippen molar-refractivity contribution in [3.63, 3.8) is 0 Å².